The first-order valence-corrected chi connectivity index (χ1v) is 12.6. The third-order valence-electron chi connectivity index (χ3n) is 6.17. The number of thiazole rings is 1. The van der Waals surface area contributed by atoms with Crippen LogP contribution in [0.2, 0.25) is 0 Å². The minimum atomic E-state index is -0.702. The molecule has 0 bridgehead atoms. The molecule has 0 aliphatic heterocycles. The van der Waals surface area contributed by atoms with Gasteiger partial charge in [0.1, 0.15) is 16.1 Å². The van der Waals surface area contributed by atoms with E-state index in [-0.39, 0.29) is 23.6 Å². The van der Waals surface area contributed by atoms with Crippen molar-refractivity contribution >= 4 is 33.3 Å². The van der Waals surface area contributed by atoms with Gasteiger partial charge >= 0.3 is 0 Å². The summed E-state index contributed by atoms with van der Waals surface area (Å²) in [5, 5.41) is 12.1. The minimum Gasteiger partial charge on any atom is -0.454 e. The van der Waals surface area contributed by atoms with E-state index in [2.05, 4.69) is 15.3 Å². The predicted molar refractivity (Wildman–Crippen MR) is 144 cm³/mol. The Morgan fingerprint density at radius 1 is 1.11 bits per heavy atom. The zero-order valence-electron chi connectivity index (χ0n) is 20.6. The lowest BCUT2D eigenvalue weighted by molar-refractivity contribution is 0.102. The van der Waals surface area contributed by atoms with Gasteiger partial charge in [-0.15, -0.1) is 11.3 Å². The number of nitrogens with one attached hydrogen (secondary N) is 1. The number of halogens is 1. The molecule has 10 heteroatoms. The average Bonchev–Trinajstić information content (AvgIpc) is 3.37. The summed E-state index contributed by atoms with van der Waals surface area (Å²) in [5.41, 5.74) is 4.40. The van der Waals surface area contributed by atoms with E-state index in [9.17, 15) is 19.1 Å². The van der Waals surface area contributed by atoms with Crippen LogP contribution in [0.5, 0.6) is 11.5 Å². The Hall–Kier alpha value is -4.41. The van der Waals surface area contributed by atoms with E-state index in [0.29, 0.717) is 28.2 Å². The Bertz CT molecular complexity index is 1730. The first kappa shape index (κ1) is 25.2. The van der Waals surface area contributed by atoms with E-state index in [4.69, 9.17) is 4.74 Å². The maximum Gasteiger partial charge on any atom is 0.269 e. The van der Waals surface area contributed by atoms with E-state index >= 15 is 0 Å². The number of pyridine rings is 2. The molecule has 2 N–H and O–H groups in total. The number of nitrogens with zero attached hydrogens (tertiary/aromatic N) is 3. The molecular weight excluding hydrogens is 507 g/mol. The highest BCUT2D eigenvalue weighted by Gasteiger charge is 2.20. The summed E-state index contributed by atoms with van der Waals surface area (Å²) in [7, 11) is 0. The molecule has 0 radical (unpaired) electrons. The second-order valence-corrected chi connectivity index (χ2v) is 9.40. The van der Waals surface area contributed by atoms with Gasteiger partial charge in [-0.1, -0.05) is 18.2 Å². The number of aliphatic hydroxyl groups is 1. The fourth-order valence-corrected chi connectivity index (χ4v) is 4.86. The van der Waals surface area contributed by atoms with Crippen molar-refractivity contribution < 1.29 is 19.0 Å². The fourth-order valence-electron chi connectivity index (χ4n) is 4.07. The second kappa shape index (κ2) is 10.5. The molecule has 38 heavy (non-hydrogen) atoms. The number of aryl methyl sites for hydroxylation is 1. The molecule has 0 saturated heterocycles. The number of carbonyl (C=O) groups is 1. The number of ether oxygens (including phenoxy) is 1. The molecule has 0 aliphatic rings. The highest BCUT2D eigenvalue weighted by Crippen LogP contribution is 2.30. The Labute approximate surface area is 221 Å². The number of para-hydroxylation sites is 1. The number of carbonyl (C=O) groups excluding carboxylic acids is 1. The van der Waals surface area contributed by atoms with Gasteiger partial charge in [0, 0.05) is 35.8 Å². The molecule has 0 fully saturated rings. The molecule has 0 saturated carbocycles. The Morgan fingerprint density at radius 3 is 2.71 bits per heavy atom. The molecule has 192 valence electrons. The van der Waals surface area contributed by atoms with Crippen LogP contribution < -0.4 is 15.6 Å². The van der Waals surface area contributed by atoms with Crippen molar-refractivity contribution in [2.24, 2.45) is 0 Å². The van der Waals surface area contributed by atoms with Crippen LogP contribution in [0.25, 0.3) is 16.0 Å². The van der Waals surface area contributed by atoms with Crippen LogP contribution in [-0.2, 0) is 6.42 Å². The molecule has 1 amide bonds. The molecule has 5 rings (SSSR count). The number of fused-ring (bicyclic) bond motifs is 1. The average molecular weight is 531 g/mol. The smallest absolute Gasteiger partial charge is 0.269 e. The summed E-state index contributed by atoms with van der Waals surface area (Å²) in [4.78, 5) is 35.8. The van der Waals surface area contributed by atoms with Gasteiger partial charge in [-0.2, -0.15) is 0 Å². The maximum atomic E-state index is 14.9. The highest BCUT2D eigenvalue weighted by atomic mass is 32.1. The van der Waals surface area contributed by atoms with Crippen LogP contribution in [0.15, 0.2) is 71.1 Å². The molecule has 3 heterocycles. The zero-order valence-corrected chi connectivity index (χ0v) is 21.4. The van der Waals surface area contributed by atoms with E-state index in [0.717, 1.165) is 22.9 Å². The van der Waals surface area contributed by atoms with Gasteiger partial charge in [0.2, 0.25) is 0 Å². The number of hydrogen-bond donors (Lipinski definition) is 2. The van der Waals surface area contributed by atoms with Crippen LogP contribution >= 0.6 is 11.3 Å². The predicted octanol–water partition coefficient (Wildman–Crippen LogP) is 5.18. The summed E-state index contributed by atoms with van der Waals surface area (Å²) >= 11 is 1.27. The van der Waals surface area contributed by atoms with Gasteiger partial charge in [0.15, 0.2) is 11.6 Å². The standard InChI is InChI=1S/C28H23FN4O4S/c1-16-17(2)30-11-9-24(16)37-25-8-7-19(13-21(25)29)32-26(35)20-14-22-28(38-15-31-22)33(27(20)36)23-6-4-3-5-18(23)10-12-34/h3-9,11,13-15,34H,10,12H2,1-2H3,(H,32,35). The van der Waals surface area contributed by atoms with Crippen LogP contribution in [0.3, 0.4) is 0 Å². The lowest BCUT2D eigenvalue weighted by Crippen LogP contribution is -2.29. The van der Waals surface area contributed by atoms with Gasteiger partial charge in [-0.05, 0) is 56.2 Å². The van der Waals surface area contributed by atoms with Crippen LogP contribution in [0.4, 0.5) is 10.1 Å². The number of aromatic nitrogens is 3. The molecule has 0 unspecified atom stereocenters. The van der Waals surface area contributed by atoms with E-state index in [1.807, 2.05) is 26.0 Å². The Kier molecular flexibility index (Phi) is 6.99. The van der Waals surface area contributed by atoms with Crippen LogP contribution in [0.1, 0.15) is 27.2 Å². The van der Waals surface area contributed by atoms with Gasteiger partial charge in [-0.3, -0.25) is 19.1 Å². The van der Waals surface area contributed by atoms with Crippen molar-refractivity contribution in [1.29, 1.82) is 0 Å². The normalized spacial score (nSPS) is 11.1. The van der Waals surface area contributed by atoms with Crippen LogP contribution in [0, 0.1) is 19.7 Å². The largest absolute Gasteiger partial charge is 0.454 e. The minimum absolute atomic E-state index is 0.0107. The lowest BCUT2D eigenvalue weighted by atomic mass is 10.1. The quantitative estimate of drug-likeness (QED) is 0.300. The van der Waals surface area contributed by atoms with Gasteiger partial charge in [-0.25, -0.2) is 9.37 Å². The van der Waals surface area contributed by atoms with Crippen LogP contribution in [-0.4, -0.2) is 32.2 Å². The molecule has 5 aromatic rings. The summed E-state index contributed by atoms with van der Waals surface area (Å²) in [6.07, 6.45) is 1.92. The zero-order chi connectivity index (χ0) is 26.8. The summed E-state index contributed by atoms with van der Waals surface area (Å²) < 4.78 is 22.0. The van der Waals surface area contributed by atoms with Crippen molar-refractivity contribution in [2.45, 2.75) is 20.3 Å². The first-order chi connectivity index (χ1) is 18.4. The first-order valence-electron chi connectivity index (χ1n) is 11.8. The van der Waals surface area contributed by atoms with Gasteiger partial charge < -0.3 is 15.2 Å². The van der Waals surface area contributed by atoms with Gasteiger partial charge in [0.05, 0.1) is 16.7 Å². The molecule has 0 spiro atoms. The fraction of sp³-hybridized carbons (Fsp3) is 0.143. The van der Waals surface area contributed by atoms with Gasteiger partial charge in [0.25, 0.3) is 11.5 Å². The number of amides is 1. The molecule has 0 aliphatic carbocycles. The van der Waals surface area contributed by atoms with E-state index in [1.54, 1.807) is 29.9 Å². The third kappa shape index (κ3) is 4.79. The second-order valence-electron chi connectivity index (χ2n) is 8.56. The maximum absolute atomic E-state index is 14.9. The number of benzene rings is 2. The SMILES string of the molecule is Cc1nccc(Oc2ccc(NC(=O)c3cc4ncsc4n(-c4ccccc4CCO)c3=O)cc2F)c1C. The highest BCUT2D eigenvalue weighted by molar-refractivity contribution is 7.16. The molecule has 3 aromatic heterocycles. The third-order valence-corrected chi connectivity index (χ3v) is 6.99. The summed E-state index contributed by atoms with van der Waals surface area (Å²) in [6.45, 7) is 3.57. The lowest BCUT2D eigenvalue weighted by Gasteiger charge is -2.14. The van der Waals surface area contributed by atoms with Crippen molar-refractivity contribution in [2.75, 3.05) is 11.9 Å². The summed E-state index contributed by atoms with van der Waals surface area (Å²) in [5.74, 6) is -0.913. The Balaban J connectivity index is 1.47. The number of aliphatic hydroxyl groups excluding tert-OH is 1. The van der Waals surface area contributed by atoms with E-state index < -0.39 is 17.3 Å². The molecule has 2 aromatic carbocycles. The van der Waals surface area contributed by atoms with Crippen molar-refractivity contribution in [3.05, 3.63) is 105 Å². The monoisotopic (exact) mass is 530 g/mol. The molecule has 8 nitrogen and oxygen atoms in total. The van der Waals surface area contributed by atoms with Crippen molar-refractivity contribution in [3.8, 4) is 17.2 Å². The molecular formula is C28H23FN4O4S. The number of anilines is 1. The summed E-state index contributed by atoms with van der Waals surface area (Å²) in [6, 6.07) is 14.3. The number of hydrogen-bond acceptors (Lipinski definition) is 7. The number of rotatable bonds is 7. The van der Waals surface area contributed by atoms with E-state index in [1.165, 1.54) is 34.1 Å². The van der Waals surface area contributed by atoms with Crippen molar-refractivity contribution in [3.63, 3.8) is 0 Å². The van der Waals surface area contributed by atoms with Crippen molar-refractivity contribution in [1.82, 2.24) is 14.5 Å². The molecule has 0 atom stereocenters. The topological polar surface area (TPSA) is 106 Å². The Morgan fingerprint density at radius 2 is 1.92 bits per heavy atom.